The van der Waals surface area contributed by atoms with Crippen LogP contribution in [0.25, 0.3) is 12.4 Å². The first-order chi connectivity index (χ1) is 7.59. The van der Waals surface area contributed by atoms with E-state index in [1.54, 1.807) is 6.07 Å². The zero-order valence-electron chi connectivity index (χ0n) is 9.19. The van der Waals surface area contributed by atoms with Gasteiger partial charge in [-0.1, -0.05) is 6.58 Å². The Kier molecular flexibility index (Phi) is 2.44. The molecule has 0 atom stereocenters. The van der Waals surface area contributed by atoms with Crippen LogP contribution >= 0.6 is 0 Å². The number of aliphatic imine (C=N–C) groups is 1. The Morgan fingerprint density at radius 3 is 2.81 bits per heavy atom. The Morgan fingerprint density at radius 1 is 1.38 bits per heavy atom. The number of aromatic nitrogens is 1. The summed E-state index contributed by atoms with van der Waals surface area (Å²) >= 11 is 0. The van der Waals surface area contributed by atoms with Gasteiger partial charge in [0.1, 0.15) is 11.6 Å². The summed E-state index contributed by atoms with van der Waals surface area (Å²) < 4.78 is 0. The van der Waals surface area contributed by atoms with Gasteiger partial charge in [-0.3, -0.25) is 4.79 Å². The molecule has 0 amide bonds. The molecular weight excluding hydrogens is 204 g/mol. The van der Waals surface area contributed by atoms with Gasteiger partial charge in [0.25, 0.3) is 5.56 Å². The van der Waals surface area contributed by atoms with Crippen LogP contribution in [0.2, 0.25) is 0 Å². The molecule has 0 saturated heterocycles. The fraction of sp³-hybridized carbons (Fsp3) is 0.182. The van der Waals surface area contributed by atoms with Gasteiger partial charge in [0.2, 0.25) is 0 Å². The first-order valence-electron chi connectivity index (χ1n) is 4.80. The van der Waals surface area contributed by atoms with Crippen LogP contribution in [0.5, 0.6) is 0 Å². The molecule has 0 radical (unpaired) electrons. The van der Waals surface area contributed by atoms with Crippen molar-refractivity contribution in [3.05, 3.63) is 32.9 Å². The summed E-state index contributed by atoms with van der Waals surface area (Å²) in [6, 6.07) is 3.05. The average Bonchev–Trinajstić information content (AvgIpc) is 2.38. The molecule has 0 aliphatic carbocycles. The van der Waals surface area contributed by atoms with E-state index in [0.717, 1.165) is 16.3 Å². The predicted octanol–water partition coefficient (Wildman–Crippen LogP) is -1.07. The molecule has 0 fully saturated rings. The molecule has 0 saturated carbocycles. The minimum absolute atomic E-state index is 0.299. The third-order valence-electron chi connectivity index (χ3n) is 2.24. The Labute approximate surface area is 92.5 Å². The molecule has 1 aliphatic heterocycles. The van der Waals surface area contributed by atoms with E-state index in [2.05, 4.69) is 21.9 Å². The smallest absolute Gasteiger partial charge is 0.271 e. The van der Waals surface area contributed by atoms with Gasteiger partial charge in [0.05, 0.1) is 11.6 Å². The summed E-state index contributed by atoms with van der Waals surface area (Å²) in [5.41, 5.74) is -0.299. The lowest BCUT2D eigenvalue weighted by molar-refractivity contribution is 0.576. The van der Waals surface area contributed by atoms with Gasteiger partial charge in [-0.15, -0.1) is 0 Å². The standard InChI is InChI=1S/C11H12N4O/c1-7-4-5-8(16)14-10-9(7)11(15(2)3)13-6-12-10/h4-6H,1H2,2-3H3,(H,12,13,14,16). The molecule has 5 heteroatoms. The number of fused-ring (bicyclic) bond motifs is 1. The lowest BCUT2D eigenvalue weighted by Crippen LogP contribution is -2.34. The second-order valence-corrected chi connectivity index (χ2v) is 3.65. The molecule has 0 spiro atoms. The third-order valence-corrected chi connectivity index (χ3v) is 2.24. The molecule has 0 bridgehead atoms. The number of hydrogen-bond donors (Lipinski definition) is 1. The van der Waals surface area contributed by atoms with Crippen molar-refractivity contribution in [3.8, 4) is 0 Å². The van der Waals surface area contributed by atoms with Gasteiger partial charge in [0, 0.05) is 20.2 Å². The third kappa shape index (κ3) is 1.67. The lowest BCUT2D eigenvalue weighted by Gasteiger charge is -2.16. The van der Waals surface area contributed by atoms with Crippen molar-refractivity contribution in [1.29, 1.82) is 0 Å². The van der Waals surface area contributed by atoms with Crippen molar-refractivity contribution >= 4 is 24.6 Å². The second-order valence-electron chi connectivity index (χ2n) is 3.65. The predicted molar refractivity (Wildman–Crippen MR) is 64.5 cm³/mol. The van der Waals surface area contributed by atoms with Crippen LogP contribution in [0.4, 0.5) is 5.82 Å². The van der Waals surface area contributed by atoms with E-state index in [1.807, 2.05) is 19.0 Å². The first-order valence-corrected chi connectivity index (χ1v) is 4.80. The molecule has 5 nitrogen and oxygen atoms in total. The van der Waals surface area contributed by atoms with Crippen LogP contribution in [0.15, 0.2) is 21.9 Å². The number of nitrogens with zero attached hydrogens (tertiary/aromatic N) is 3. The molecule has 1 N–H and O–H groups in total. The van der Waals surface area contributed by atoms with Crippen molar-refractivity contribution in [3.63, 3.8) is 0 Å². The number of hydrogen-bond acceptors (Lipinski definition) is 5. The molecule has 2 rings (SSSR count). The molecule has 1 aromatic heterocycles. The molecular formula is C11H12N4O. The highest BCUT2D eigenvalue weighted by molar-refractivity contribution is 5.81. The molecule has 2 heterocycles. The number of anilines is 1. The Bertz CT molecular complexity index is 619. The zero-order valence-corrected chi connectivity index (χ0v) is 9.19. The van der Waals surface area contributed by atoms with E-state index in [1.165, 1.54) is 12.4 Å². The van der Waals surface area contributed by atoms with E-state index in [9.17, 15) is 4.79 Å². The molecule has 0 aromatic carbocycles. The monoisotopic (exact) mass is 216 g/mol. The Hall–Kier alpha value is -2.17. The van der Waals surface area contributed by atoms with Crippen molar-refractivity contribution < 1.29 is 0 Å². The van der Waals surface area contributed by atoms with E-state index >= 15 is 0 Å². The largest absolute Gasteiger partial charge is 0.362 e. The highest BCUT2D eigenvalue weighted by atomic mass is 16.1. The van der Waals surface area contributed by atoms with Crippen LogP contribution in [0, 0.1) is 0 Å². The summed E-state index contributed by atoms with van der Waals surface area (Å²) in [6.07, 6.45) is 1.52. The van der Waals surface area contributed by atoms with Crippen molar-refractivity contribution in [2.45, 2.75) is 0 Å². The molecule has 16 heavy (non-hydrogen) atoms. The first kappa shape index (κ1) is 10.4. The summed E-state index contributed by atoms with van der Waals surface area (Å²) in [7, 11) is 3.76. The van der Waals surface area contributed by atoms with Crippen molar-refractivity contribution in [2.75, 3.05) is 19.4 Å². The minimum atomic E-state index is -0.299. The van der Waals surface area contributed by atoms with Gasteiger partial charge in [-0.25, -0.2) is 4.99 Å². The molecule has 1 aromatic rings. The van der Waals surface area contributed by atoms with Gasteiger partial charge in [-0.2, -0.15) is 4.98 Å². The topological polar surface area (TPSA) is 57.6 Å². The normalized spacial score (nSPS) is 13.0. The van der Waals surface area contributed by atoms with Gasteiger partial charge >= 0.3 is 0 Å². The molecule has 1 aliphatic rings. The quantitative estimate of drug-likeness (QED) is 0.649. The SMILES string of the molecule is C=c1ccc(=O)nc2c1=C(N(C)C)N=CN2. The average molecular weight is 216 g/mol. The van der Waals surface area contributed by atoms with Crippen molar-refractivity contribution in [1.82, 2.24) is 9.88 Å². The van der Waals surface area contributed by atoms with Crippen LogP contribution in [-0.2, 0) is 0 Å². The maximum atomic E-state index is 11.3. The lowest BCUT2D eigenvalue weighted by atomic mass is 10.3. The van der Waals surface area contributed by atoms with Gasteiger partial charge in [-0.05, 0) is 11.3 Å². The Morgan fingerprint density at radius 2 is 2.12 bits per heavy atom. The second kappa shape index (κ2) is 3.77. The summed E-state index contributed by atoms with van der Waals surface area (Å²) in [4.78, 5) is 21.3. The molecule has 0 unspecified atom stereocenters. The highest BCUT2D eigenvalue weighted by Gasteiger charge is 2.08. The fourth-order valence-electron chi connectivity index (χ4n) is 1.52. The highest BCUT2D eigenvalue weighted by Crippen LogP contribution is 2.03. The van der Waals surface area contributed by atoms with E-state index in [4.69, 9.17) is 0 Å². The van der Waals surface area contributed by atoms with Gasteiger partial charge < -0.3 is 10.2 Å². The number of rotatable bonds is 1. The van der Waals surface area contributed by atoms with E-state index in [0.29, 0.717) is 5.82 Å². The maximum absolute atomic E-state index is 11.3. The van der Waals surface area contributed by atoms with Crippen LogP contribution < -0.4 is 21.3 Å². The van der Waals surface area contributed by atoms with E-state index < -0.39 is 0 Å². The van der Waals surface area contributed by atoms with Crippen LogP contribution in [0.3, 0.4) is 0 Å². The minimum Gasteiger partial charge on any atom is -0.362 e. The summed E-state index contributed by atoms with van der Waals surface area (Å²) in [5.74, 6) is 1.24. The summed E-state index contributed by atoms with van der Waals surface area (Å²) in [5, 5.41) is 4.34. The number of nitrogens with one attached hydrogen (secondary N) is 1. The van der Waals surface area contributed by atoms with Gasteiger partial charge in [0.15, 0.2) is 0 Å². The fourth-order valence-corrected chi connectivity index (χ4v) is 1.52. The van der Waals surface area contributed by atoms with E-state index in [-0.39, 0.29) is 5.56 Å². The maximum Gasteiger partial charge on any atom is 0.271 e. The summed E-state index contributed by atoms with van der Waals surface area (Å²) in [6.45, 7) is 3.91. The molecule has 82 valence electrons. The zero-order chi connectivity index (χ0) is 11.7. The van der Waals surface area contributed by atoms with Crippen LogP contribution in [-0.4, -0.2) is 30.3 Å². The van der Waals surface area contributed by atoms with Crippen molar-refractivity contribution in [2.24, 2.45) is 4.99 Å². The Balaban J connectivity index is 3.00. The van der Waals surface area contributed by atoms with Crippen LogP contribution in [0.1, 0.15) is 0 Å².